The van der Waals surface area contributed by atoms with Crippen LogP contribution in [0.5, 0.6) is 0 Å². The van der Waals surface area contributed by atoms with Crippen molar-refractivity contribution in [1.82, 2.24) is 20.6 Å². The number of nitrogens with two attached hydrogens (primary N) is 1. The maximum absolute atomic E-state index is 12.9. The topological polar surface area (TPSA) is 110 Å². The van der Waals surface area contributed by atoms with E-state index in [1.54, 1.807) is 36.4 Å². The molecular formula is C21H20FN5O2. The number of halogens is 1. The fourth-order valence-corrected chi connectivity index (χ4v) is 2.72. The Hall–Kier alpha value is -3.81. The second-order valence-corrected chi connectivity index (χ2v) is 6.28. The van der Waals surface area contributed by atoms with Crippen LogP contribution in [0, 0.1) is 5.82 Å². The molecule has 0 saturated carbocycles. The van der Waals surface area contributed by atoms with E-state index in [9.17, 15) is 14.0 Å². The van der Waals surface area contributed by atoms with Gasteiger partial charge in [0.2, 0.25) is 0 Å². The minimum Gasteiger partial charge on any atom is -0.382 e. The van der Waals surface area contributed by atoms with Crippen LogP contribution in [0.15, 0.2) is 54.7 Å². The van der Waals surface area contributed by atoms with Gasteiger partial charge < -0.3 is 16.4 Å². The van der Waals surface area contributed by atoms with Gasteiger partial charge in [0, 0.05) is 24.7 Å². The zero-order valence-corrected chi connectivity index (χ0v) is 15.8. The summed E-state index contributed by atoms with van der Waals surface area (Å²) in [7, 11) is 1.48. The largest absolute Gasteiger partial charge is 0.382 e. The van der Waals surface area contributed by atoms with Crippen molar-refractivity contribution in [2.45, 2.75) is 6.42 Å². The summed E-state index contributed by atoms with van der Waals surface area (Å²) in [4.78, 5) is 32.6. The Morgan fingerprint density at radius 3 is 2.59 bits per heavy atom. The van der Waals surface area contributed by atoms with Crippen LogP contribution in [0.4, 0.5) is 10.2 Å². The Morgan fingerprint density at radius 2 is 1.86 bits per heavy atom. The quantitative estimate of drug-likeness (QED) is 0.595. The number of carbonyl (C=O) groups is 2. The lowest BCUT2D eigenvalue weighted by Crippen LogP contribution is -2.25. The number of amides is 2. The van der Waals surface area contributed by atoms with Crippen molar-refractivity contribution in [1.29, 1.82) is 0 Å². The molecule has 0 saturated heterocycles. The molecule has 1 heterocycles. The van der Waals surface area contributed by atoms with Gasteiger partial charge in [0.1, 0.15) is 5.82 Å². The van der Waals surface area contributed by atoms with E-state index in [2.05, 4.69) is 20.6 Å². The molecule has 2 amide bonds. The molecule has 3 rings (SSSR count). The van der Waals surface area contributed by atoms with E-state index in [1.807, 2.05) is 0 Å². The molecular weight excluding hydrogens is 373 g/mol. The van der Waals surface area contributed by atoms with Crippen molar-refractivity contribution in [3.8, 4) is 11.3 Å². The molecule has 0 unspecified atom stereocenters. The summed E-state index contributed by atoms with van der Waals surface area (Å²) in [6.07, 6.45) is 2.04. The monoisotopic (exact) mass is 393 g/mol. The number of rotatable bonds is 6. The van der Waals surface area contributed by atoms with Crippen molar-refractivity contribution in [3.63, 3.8) is 0 Å². The molecule has 4 N–H and O–H groups in total. The lowest BCUT2D eigenvalue weighted by atomic mass is 10.1. The van der Waals surface area contributed by atoms with Crippen molar-refractivity contribution >= 4 is 17.6 Å². The van der Waals surface area contributed by atoms with Gasteiger partial charge in [0.05, 0.1) is 11.9 Å². The normalized spacial score (nSPS) is 10.4. The number of hydrogen-bond acceptors (Lipinski definition) is 5. The molecule has 0 atom stereocenters. The summed E-state index contributed by atoms with van der Waals surface area (Å²) in [6, 6.07) is 13.0. The SMILES string of the molecule is CNC(=O)c1nc(-c2cccc(C(=O)NCCc3ccc(F)cc3)c2)cnc1N. The van der Waals surface area contributed by atoms with E-state index in [-0.39, 0.29) is 23.2 Å². The fraction of sp³-hybridized carbons (Fsp3) is 0.143. The Kier molecular flexibility index (Phi) is 6.13. The van der Waals surface area contributed by atoms with Crippen molar-refractivity contribution < 1.29 is 14.0 Å². The Bertz CT molecular complexity index is 1040. The zero-order chi connectivity index (χ0) is 20.8. The molecule has 3 aromatic rings. The van der Waals surface area contributed by atoms with Gasteiger partial charge in [-0.3, -0.25) is 9.59 Å². The predicted molar refractivity (Wildman–Crippen MR) is 108 cm³/mol. The van der Waals surface area contributed by atoms with Gasteiger partial charge in [0.15, 0.2) is 11.5 Å². The summed E-state index contributed by atoms with van der Waals surface area (Å²) in [5.41, 5.74) is 8.18. The highest BCUT2D eigenvalue weighted by Crippen LogP contribution is 2.20. The summed E-state index contributed by atoms with van der Waals surface area (Å²) < 4.78 is 12.9. The molecule has 29 heavy (non-hydrogen) atoms. The lowest BCUT2D eigenvalue weighted by molar-refractivity contribution is 0.0948. The molecule has 8 heteroatoms. The summed E-state index contributed by atoms with van der Waals surface area (Å²) in [5, 5.41) is 5.30. The van der Waals surface area contributed by atoms with E-state index in [0.29, 0.717) is 29.8 Å². The van der Waals surface area contributed by atoms with E-state index in [0.717, 1.165) is 5.56 Å². The maximum atomic E-state index is 12.9. The molecule has 0 bridgehead atoms. The van der Waals surface area contributed by atoms with Crippen LogP contribution in [0.3, 0.4) is 0 Å². The summed E-state index contributed by atoms with van der Waals surface area (Å²) in [6.45, 7) is 0.414. The van der Waals surface area contributed by atoms with Crippen LogP contribution >= 0.6 is 0 Å². The van der Waals surface area contributed by atoms with Crippen LogP contribution < -0.4 is 16.4 Å². The molecule has 0 aliphatic heterocycles. The molecule has 148 valence electrons. The van der Waals surface area contributed by atoms with Gasteiger partial charge in [-0.2, -0.15) is 0 Å². The average Bonchev–Trinajstić information content (AvgIpc) is 2.75. The average molecular weight is 393 g/mol. The number of hydrogen-bond donors (Lipinski definition) is 3. The third kappa shape index (κ3) is 4.92. The van der Waals surface area contributed by atoms with Gasteiger partial charge >= 0.3 is 0 Å². The van der Waals surface area contributed by atoms with Gasteiger partial charge in [-0.25, -0.2) is 14.4 Å². The summed E-state index contributed by atoms with van der Waals surface area (Å²) >= 11 is 0. The Balaban J connectivity index is 1.71. The first-order valence-electron chi connectivity index (χ1n) is 8.95. The molecule has 0 fully saturated rings. The highest BCUT2D eigenvalue weighted by Gasteiger charge is 2.14. The third-order valence-electron chi connectivity index (χ3n) is 4.28. The number of carbonyl (C=O) groups excluding carboxylic acids is 2. The van der Waals surface area contributed by atoms with Gasteiger partial charge in [-0.15, -0.1) is 0 Å². The minimum atomic E-state index is -0.438. The molecule has 1 aromatic heterocycles. The van der Waals surface area contributed by atoms with Crippen molar-refractivity contribution in [2.75, 3.05) is 19.3 Å². The standard InChI is InChI=1S/C21H20FN5O2/c1-24-21(29)18-19(23)26-12-17(27-18)14-3-2-4-15(11-14)20(28)25-10-9-13-5-7-16(22)8-6-13/h2-8,11-12H,9-10H2,1H3,(H2,23,26)(H,24,29)(H,25,28). The molecule has 2 aromatic carbocycles. The molecule has 0 radical (unpaired) electrons. The van der Waals surface area contributed by atoms with E-state index < -0.39 is 5.91 Å². The molecule has 0 aliphatic rings. The molecule has 0 spiro atoms. The lowest BCUT2D eigenvalue weighted by Gasteiger charge is -2.09. The zero-order valence-electron chi connectivity index (χ0n) is 15.8. The minimum absolute atomic E-state index is 0.0270. The van der Waals surface area contributed by atoms with Gasteiger partial charge in [-0.1, -0.05) is 24.3 Å². The third-order valence-corrected chi connectivity index (χ3v) is 4.28. The second-order valence-electron chi connectivity index (χ2n) is 6.28. The molecule has 0 aliphatic carbocycles. The van der Waals surface area contributed by atoms with Crippen molar-refractivity contribution in [2.24, 2.45) is 0 Å². The predicted octanol–water partition coefficient (Wildman–Crippen LogP) is 2.20. The molecule has 7 nitrogen and oxygen atoms in total. The fourth-order valence-electron chi connectivity index (χ4n) is 2.72. The first-order valence-corrected chi connectivity index (χ1v) is 8.95. The maximum Gasteiger partial charge on any atom is 0.273 e. The number of nitrogen functional groups attached to an aromatic ring is 1. The van der Waals surface area contributed by atoms with Gasteiger partial charge in [-0.05, 0) is 36.2 Å². The Morgan fingerprint density at radius 1 is 1.10 bits per heavy atom. The van der Waals surface area contributed by atoms with E-state index in [1.165, 1.54) is 25.4 Å². The van der Waals surface area contributed by atoms with Crippen molar-refractivity contribution in [3.05, 3.63) is 77.4 Å². The van der Waals surface area contributed by atoms with Crippen LogP contribution in [-0.4, -0.2) is 35.4 Å². The number of nitrogens with one attached hydrogen (secondary N) is 2. The summed E-state index contributed by atoms with van der Waals surface area (Å²) in [5.74, 6) is -0.946. The smallest absolute Gasteiger partial charge is 0.273 e. The van der Waals surface area contributed by atoms with Crippen LogP contribution in [0.25, 0.3) is 11.3 Å². The number of nitrogens with zero attached hydrogens (tertiary/aromatic N) is 2. The first-order chi connectivity index (χ1) is 14.0. The number of anilines is 1. The van der Waals surface area contributed by atoms with Crippen LogP contribution in [0.1, 0.15) is 26.4 Å². The van der Waals surface area contributed by atoms with E-state index >= 15 is 0 Å². The first kappa shape index (κ1) is 19.9. The highest BCUT2D eigenvalue weighted by atomic mass is 19.1. The van der Waals surface area contributed by atoms with Crippen LogP contribution in [0.2, 0.25) is 0 Å². The number of aromatic nitrogens is 2. The highest BCUT2D eigenvalue weighted by molar-refractivity contribution is 5.97. The van der Waals surface area contributed by atoms with Crippen LogP contribution in [-0.2, 0) is 6.42 Å². The number of benzene rings is 2. The van der Waals surface area contributed by atoms with Gasteiger partial charge in [0.25, 0.3) is 11.8 Å². The van der Waals surface area contributed by atoms with E-state index in [4.69, 9.17) is 5.73 Å². The Labute approximate surface area is 167 Å². The second kappa shape index (κ2) is 8.92.